The summed E-state index contributed by atoms with van der Waals surface area (Å²) in [5.41, 5.74) is 6.24. The first-order chi connectivity index (χ1) is 12.1. The maximum atomic E-state index is 12.7. The second kappa shape index (κ2) is 10.8. The Morgan fingerprint density at radius 1 is 1.22 bits per heavy atom. The van der Waals surface area contributed by atoms with Crippen LogP contribution in [0.3, 0.4) is 0 Å². The smallest absolute Gasteiger partial charge is 0.239 e. The third-order valence-corrected chi connectivity index (χ3v) is 5.00. The largest absolute Gasteiger partial charge is 0.381 e. The van der Waals surface area contributed by atoms with Crippen molar-refractivity contribution < 1.29 is 9.53 Å². The van der Waals surface area contributed by atoms with Gasteiger partial charge in [-0.05, 0) is 24.8 Å². The molecule has 8 nitrogen and oxygen atoms in total. The maximum Gasteiger partial charge on any atom is 0.239 e. The summed E-state index contributed by atoms with van der Waals surface area (Å²) in [4.78, 5) is 27.5. The van der Waals surface area contributed by atoms with Gasteiger partial charge in [-0.3, -0.25) is 4.79 Å². The van der Waals surface area contributed by atoms with Gasteiger partial charge in [0.15, 0.2) is 0 Å². The minimum Gasteiger partial charge on any atom is -0.381 e. The number of amides is 1. The standard InChI is InChI=1S/C17H28N6O2.2ClH/c1-21(2)17-19-6-3-14(20-17)22-7-9-23(10-8-22)16(24)15(18)13-4-11-25-12-5-13;;/h3,6,13,15H,4-5,7-12,18H2,1-2H3;2*1H. The molecule has 0 bridgehead atoms. The minimum absolute atomic E-state index is 0. The maximum absolute atomic E-state index is 12.7. The first-order valence-electron chi connectivity index (χ1n) is 8.93. The fourth-order valence-electron chi connectivity index (χ4n) is 3.37. The predicted octanol–water partition coefficient (Wildman–Crippen LogP) is 0.789. The number of nitrogens with two attached hydrogens (primary N) is 1. The van der Waals surface area contributed by atoms with Gasteiger partial charge in [0.2, 0.25) is 11.9 Å². The zero-order chi connectivity index (χ0) is 17.8. The molecule has 1 atom stereocenters. The van der Waals surface area contributed by atoms with Gasteiger partial charge in [0.1, 0.15) is 5.82 Å². The van der Waals surface area contributed by atoms with Crippen LogP contribution in [-0.2, 0) is 9.53 Å². The topological polar surface area (TPSA) is 87.8 Å². The number of aromatic nitrogens is 2. The molecule has 2 aliphatic rings. The lowest BCUT2D eigenvalue weighted by Gasteiger charge is -2.38. The average Bonchev–Trinajstić information content (AvgIpc) is 2.67. The molecular weight excluding hydrogens is 391 g/mol. The lowest BCUT2D eigenvalue weighted by molar-refractivity contribution is -0.135. The first-order valence-corrected chi connectivity index (χ1v) is 8.93. The van der Waals surface area contributed by atoms with Crippen molar-refractivity contribution in [2.75, 3.05) is 63.3 Å². The van der Waals surface area contributed by atoms with Crippen molar-refractivity contribution in [1.82, 2.24) is 14.9 Å². The molecule has 3 rings (SSSR count). The fraction of sp³-hybridized carbons (Fsp3) is 0.706. The highest BCUT2D eigenvalue weighted by Gasteiger charge is 2.31. The van der Waals surface area contributed by atoms with E-state index in [9.17, 15) is 4.79 Å². The van der Waals surface area contributed by atoms with Crippen LogP contribution < -0.4 is 15.5 Å². The van der Waals surface area contributed by atoms with E-state index in [-0.39, 0.29) is 36.6 Å². The van der Waals surface area contributed by atoms with Gasteiger partial charge in [-0.1, -0.05) is 0 Å². The van der Waals surface area contributed by atoms with Crippen molar-refractivity contribution in [2.24, 2.45) is 11.7 Å². The minimum atomic E-state index is -0.408. The van der Waals surface area contributed by atoms with Crippen LogP contribution in [0, 0.1) is 5.92 Å². The van der Waals surface area contributed by atoms with E-state index in [1.807, 2.05) is 30.0 Å². The van der Waals surface area contributed by atoms with Crippen LogP contribution in [0.25, 0.3) is 0 Å². The molecule has 10 heteroatoms. The van der Waals surface area contributed by atoms with Gasteiger partial charge in [0.05, 0.1) is 6.04 Å². The number of hydrogen-bond donors (Lipinski definition) is 1. The molecule has 1 amide bonds. The molecular formula is C17H30Cl2N6O2. The Balaban J connectivity index is 0.00000182. The Kier molecular flexibility index (Phi) is 9.52. The summed E-state index contributed by atoms with van der Waals surface area (Å²) < 4.78 is 5.36. The molecule has 154 valence electrons. The third kappa shape index (κ3) is 5.81. The Morgan fingerprint density at radius 2 is 1.85 bits per heavy atom. The van der Waals surface area contributed by atoms with E-state index in [0.717, 1.165) is 31.7 Å². The second-order valence-corrected chi connectivity index (χ2v) is 6.90. The molecule has 1 aromatic heterocycles. The van der Waals surface area contributed by atoms with E-state index >= 15 is 0 Å². The molecule has 0 saturated carbocycles. The predicted molar refractivity (Wildman–Crippen MR) is 111 cm³/mol. The Bertz CT molecular complexity index is 593. The van der Waals surface area contributed by atoms with Gasteiger partial charge < -0.3 is 25.2 Å². The van der Waals surface area contributed by atoms with Crippen LogP contribution in [0.5, 0.6) is 0 Å². The number of ether oxygens (including phenoxy) is 1. The fourth-order valence-corrected chi connectivity index (χ4v) is 3.37. The summed E-state index contributed by atoms with van der Waals surface area (Å²) in [5.74, 6) is 1.91. The number of carbonyl (C=O) groups excluding carboxylic acids is 1. The number of hydrogen-bond acceptors (Lipinski definition) is 7. The van der Waals surface area contributed by atoms with Crippen molar-refractivity contribution in [3.8, 4) is 0 Å². The molecule has 2 aliphatic heterocycles. The molecule has 2 fully saturated rings. The molecule has 27 heavy (non-hydrogen) atoms. The van der Waals surface area contributed by atoms with E-state index in [4.69, 9.17) is 10.5 Å². The number of nitrogens with zero attached hydrogens (tertiary/aromatic N) is 5. The van der Waals surface area contributed by atoms with Gasteiger partial charge >= 0.3 is 0 Å². The van der Waals surface area contributed by atoms with Crippen LogP contribution in [-0.4, -0.2) is 80.3 Å². The number of rotatable bonds is 4. The third-order valence-electron chi connectivity index (χ3n) is 5.00. The number of anilines is 2. The van der Waals surface area contributed by atoms with Gasteiger partial charge in [-0.15, -0.1) is 24.8 Å². The highest BCUT2D eigenvalue weighted by atomic mass is 35.5. The summed E-state index contributed by atoms with van der Waals surface area (Å²) in [5, 5.41) is 0. The van der Waals surface area contributed by atoms with Crippen molar-refractivity contribution in [3.05, 3.63) is 12.3 Å². The van der Waals surface area contributed by atoms with Crippen molar-refractivity contribution in [2.45, 2.75) is 18.9 Å². The summed E-state index contributed by atoms with van der Waals surface area (Å²) in [6.07, 6.45) is 3.53. The second-order valence-electron chi connectivity index (χ2n) is 6.90. The van der Waals surface area contributed by atoms with Crippen molar-refractivity contribution >= 4 is 42.5 Å². The molecule has 2 N–H and O–H groups in total. The highest BCUT2D eigenvalue weighted by molar-refractivity contribution is 5.85. The number of carbonyl (C=O) groups is 1. The molecule has 0 spiro atoms. The SMILES string of the molecule is CN(C)c1nccc(N2CCN(C(=O)C(N)C3CCOCC3)CC2)n1.Cl.Cl. The van der Waals surface area contributed by atoms with E-state index in [1.165, 1.54) is 0 Å². The molecule has 1 aromatic rings. The monoisotopic (exact) mass is 420 g/mol. The molecule has 0 aromatic carbocycles. The Hall–Kier alpha value is -1.35. The lowest BCUT2D eigenvalue weighted by atomic mass is 9.91. The van der Waals surface area contributed by atoms with Crippen LogP contribution in [0.4, 0.5) is 11.8 Å². The number of halogens is 2. The summed E-state index contributed by atoms with van der Waals surface area (Å²) in [6, 6.07) is 1.51. The molecule has 3 heterocycles. The summed E-state index contributed by atoms with van der Waals surface area (Å²) in [7, 11) is 3.85. The normalized spacial score (nSPS) is 18.9. The summed E-state index contributed by atoms with van der Waals surface area (Å²) >= 11 is 0. The van der Waals surface area contributed by atoms with Gasteiger partial charge in [-0.2, -0.15) is 4.98 Å². The first kappa shape index (κ1) is 23.7. The Labute approximate surface area is 173 Å². The molecule has 0 aliphatic carbocycles. The molecule has 2 saturated heterocycles. The molecule has 1 unspecified atom stereocenters. The van der Waals surface area contributed by atoms with E-state index in [1.54, 1.807) is 6.20 Å². The van der Waals surface area contributed by atoms with Crippen LogP contribution in [0.15, 0.2) is 12.3 Å². The number of piperazine rings is 1. The van der Waals surface area contributed by atoms with Crippen molar-refractivity contribution in [1.29, 1.82) is 0 Å². The molecule has 0 radical (unpaired) electrons. The van der Waals surface area contributed by atoms with Crippen LogP contribution >= 0.6 is 24.8 Å². The Morgan fingerprint density at radius 3 is 2.44 bits per heavy atom. The highest BCUT2D eigenvalue weighted by Crippen LogP contribution is 2.20. The van der Waals surface area contributed by atoms with Crippen LogP contribution in [0.2, 0.25) is 0 Å². The summed E-state index contributed by atoms with van der Waals surface area (Å²) in [6.45, 7) is 4.29. The van der Waals surface area contributed by atoms with Gasteiger partial charge in [-0.25, -0.2) is 4.98 Å². The van der Waals surface area contributed by atoms with E-state index in [0.29, 0.717) is 32.3 Å². The van der Waals surface area contributed by atoms with E-state index in [2.05, 4.69) is 14.9 Å². The van der Waals surface area contributed by atoms with E-state index < -0.39 is 6.04 Å². The lowest BCUT2D eigenvalue weighted by Crippen LogP contribution is -2.55. The van der Waals surface area contributed by atoms with Gasteiger partial charge in [0, 0.05) is 59.7 Å². The quantitative estimate of drug-likeness (QED) is 0.769. The zero-order valence-corrected chi connectivity index (χ0v) is 17.5. The zero-order valence-electron chi connectivity index (χ0n) is 15.9. The average molecular weight is 421 g/mol. The van der Waals surface area contributed by atoms with Crippen molar-refractivity contribution in [3.63, 3.8) is 0 Å². The van der Waals surface area contributed by atoms with Crippen LogP contribution in [0.1, 0.15) is 12.8 Å². The van der Waals surface area contributed by atoms with Gasteiger partial charge in [0.25, 0.3) is 0 Å².